The van der Waals surface area contributed by atoms with E-state index in [4.69, 9.17) is 0 Å². The molecule has 0 spiro atoms. The fraction of sp³-hybridized carbons (Fsp3) is 0.467. The van der Waals surface area contributed by atoms with Crippen LogP contribution in [0.4, 0.5) is 0 Å². The van der Waals surface area contributed by atoms with Crippen LogP contribution in [0.15, 0.2) is 16.9 Å². The lowest BCUT2D eigenvalue weighted by Gasteiger charge is -2.19. The van der Waals surface area contributed by atoms with Gasteiger partial charge in [-0.15, -0.1) is 0 Å². The van der Waals surface area contributed by atoms with Crippen LogP contribution in [0.2, 0.25) is 0 Å². The highest BCUT2D eigenvalue weighted by Crippen LogP contribution is 2.25. The van der Waals surface area contributed by atoms with Gasteiger partial charge in [-0.05, 0) is 41.3 Å². The minimum Gasteiger partial charge on any atom is -0.338 e. The van der Waals surface area contributed by atoms with Crippen LogP contribution in [0.5, 0.6) is 0 Å². The Labute approximate surface area is 138 Å². The summed E-state index contributed by atoms with van der Waals surface area (Å²) in [6.07, 6.45) is 3.80. The summed E-state index contributed by atoms with van der Waals surface area (Å²) in [6.45, 7) is 6.39. The molecule has 2 heterocycles. The fourth-order valence-electron chi connectivity index (χ4n) is 2.53. The molecule has 6 nitrogen and oxygen atoms in total. The Kier molecular flexibility index (Phi) is 5.28. The lowest BCUT2D eigenvalue weighted by Crippen LogP contribution is -2.28. The average Bonchev–Trinajstić information content (AvgIpc) is 2.80. The van der Waals surface area contributed by atoms with Crippen molar-refractivity contribution >= 4 is 21.8 Å². The van der Waals surface area contributed by atoms with Gasteiger partial charge >= 0.3 is 0 Å². The second-order valence-electron chi connectivity index (χ2n) is 5.52. The average molecular weight is 366 g/mol. The lowest BCUT2D eigenvalue weighted by molar-refractivity contribution is -0.130. The Morgan fingerprint density at radius 1 is 1.36 bits per heavy atom. The second kappa shape index (κ2) is 7.00. The number of halogens is 1. The van der Waals surface area contributed by atoms with Crippen molar-refractivity contribution in [3.8, 4) is 0 Å². The Balaban J connectivity index is 1.98. The van der Waals surface area contributed by atoms with Gasteiger partial charge in [0.05, 0.1) is 16.7 Å². The van der Waals surface area contributed by atoms with Gasteiger partial charge in [0.2, 0.25) is 5.91 Å². The first kappa shape index (κ1) is 16.6. The number of amides is 1. The number of nitrogens with zero attached hydrogens (tertiary/aromatic N) is 4. The summed E-state index contributed by atoms with van der Waals surface area (Å²) >= 11 is 3.29. The Hall–Kier alpha value is -1.76. The van der Waals surface area contributed by atoms with Crippen LogP contribution >= 0.6 is 15.9 Å². The third-order valence-corrected chi connectivity index (χ3v) is 4.05. The van der Waals surface area contributed by atoms with Gasteiger partial charge in [-0.1, -0.05) is 6.92 Å². The number of carbonyl (C=O) groups is 1. The van der Waals surface area contributed by atoms with E-state index in [1.165, 1.54) is 0 Å². The zero-order valence-electron chi connectivity index (χ0n) is 13.2. The summed E-state index contributed by atoms with van der Waals surface area (Å²) in [5, 5.41) is 7.16. The van der Waals surface area contributed by atoms with Gasteiger partial charge in [0, 0.05) is 31.6 Å². The molecule has 1 N–H and O–H groups in total. The van der Waals surface area contributed by atoms with E-state index >= 15 is 0 Å². The van der Waals surface area contributed by atoms with Crippen LogP contribution < -0.4 is 0 Å². The molecule has 0 fully saturated rings. The van der Waals surface area contributed by atoms with Crippen molar-refractivity contribution in [2.24, 2.45) is 0 Å². The molecule has 7 heteroatoms. The molecule has 0 bridgehead atoms. The smallest absolute Gasteiger partial charge is 0.223 e. The van der Waals surface area contributed by atoms with Crippen LogP contribution in [-0.4, -0.2) is 38.0 Å². The zero-order valence-corrected chi connectivity index (χ0v) is 14.8. The van der Waals surface area contributed by atoms with Gasteiger partial charge in [0.15, 0.2) is 0 Å². The SMILES string of the molecule is Cc1n[nH]c(C)c1C(C)CC(=O)N(C)Cc1ncc(Br)cn1. The topological polar surface area (TPSA) is 74.8 Å². The van der Waals surface area contributed by atoms with Crippen molar-refractivity contribution in [1.29, 1.82) is 0 Å². The summed E-state index contributed by atoms with van der Waals surface area (Å²) in [5.74, 6) is 0.820. The molecule has 2 aromatic heterocycles. The number of aromatic nitrogens is 4. The summed E-state index contributed by atoms with van der Waals surface area (Å²) < 4.78 is 0.824. The van der Waals surface area contributed by atoms with E-state index in [2.05, 4.69) is 36.1 Å². The molecular formula is C15H20BrN5O. The number of carbonyl (C=O) groups excluding carboxylic acids is 1. The van der Waals surface area contributed by atoms with Gasteiger partial charge in [0.1, 0.15) is 5.82 Å². The molecule has 2 rings (SSSR count). The van der Waals surface area contributed by atoms with Gasteiger partial charge < -0.3 is 4.90 Å². The van der Waals surface area contributed by atoms with Gasteiger partial charge in [-0.2, -0.15) is 5.10 Å². The number of nitrogens with one attached hydrogen (secondary N) is 1. The summed E-state index contributed by atoms with van der Waals surface area (Å²) in [7, 11) is 1.77. The largest absolute Gasteiger partial charge is 0.338 e. The molecule has 0 radical (unpaired) electrons. The Bertz CT molecular complexity index is 633. The molecule has 2 aromatic rings. The van der Waals surface area contributed by atoms with Crippen molar-refractivity contribution in [2.75, 3.05) is 7.05 Å². The van der Waals surface area contributed by atoms with E-state index in [-0.39, 0.29) is 11.8 Å². The van der Waals surface area contributed by atoms with E-state index in [1.54, 1.807) is 24.3 Å². The minimum atomic E-state index is 0.0685. The number of rotatable bonds is 5. The molecule has 0 aromatic carbocycles. The van der Waals surface area contributed by atoms with E-state index in [9.17, 15) is 4.79 Å². The maximum Gasteiger partial charge on any atom is 0.223 e. The standard InChI is InChI=1S/C15H20BrN5O/c1-9(15-10(2)19-20-11(15)3)5-14(22)21(4)8-13-17-6-12(16)7-18-13/h6-7,9H,5,8H2,1-4H3,(H,19,20). The maximum atomic E-state index is 12.4. The molecule has 118 valence electrons. The Morgan fingerprint density at radius 2 is 2.00 bits per heavy atom. The highest BCUT2D eigenvalue weighted by Gasteiger charge is 2.20. The van der Waals surface area contributed by atoms with E-state index in [1.807, 2.05) is 20.8 Å². The van der Waals surface area contributed by atoms with Crippen molar-refractivity contribution in [3.05, 3.63) is 39.6 Å². The monoisotopic (exact) mass is 365 g/mol. The summed E-state index contributed by atoms with van der Waals surface area (Å²) in [4.78, 5) is 22.4. The molecule has 0 aliphatic rings. The predicted molar refractivity (Wildman–Crippen MR) is 87.3 cm³/mol. The molecule has 0 aliphatic heterocycles. The molecule has 22 heavy (non-hydrogen) atoms. The number of aromatic amines is 1. The van der Waals surface area contributed by atoms with Crippen LogP contribution in [-0.2, 0) is 11.3 Å². The highest BCUT2D eigenvalue weighted by molar-refractivity contribution is 9.10. The third-order valence-electron chi connectivity index (χ3n) is 3.64. The quantitative estimate of drug-likeness (QED) is 0.883. The zero-order chi connectivity index (χ0) is 16.3. The summed E-state index contributed by atoms with van der Waals surface area (Å²) in [5.41, 5.74) is 3.11. The molecule has 0 aliphatic carbocycles. The highest BCUT2D eigenvalue weighted by atomic mass is 79.9. The van der Waals surface area contributed by atoms with Crippen molar-refractivity contribution < 1.29 is 4.79 Å². The van der Waals surface area contributed by atoms with Crippen LogP contribution in [0.3, 0.4) is 0 Å². The predicted octanol–water partition coefficient (Wildman–Crippen LogP) is 2.73. The molecule has 1 amide bonds. The van der Waals surface area contributed by atoms with E-state index < -0.39 is 0 Å². The minimum absolute atomic E-state index is 0.0685. The number of aryl methyl sites for hydroxylation is 2. The fourth-order valence-corrected chi connectivity index (χ4v) is 2.73. The van der Waals surface area contributed by atoms with Gasteiger partial charge in [-0.25, -0.2) is 9.97 Å². The molecule has 1 unspecified atom stereocenters. The second-order valence-corrected chi connectivity index (χ2v) is 6.44. The lowest BCUT2D eigenvalue weighted by atomic mass is 9.95. The number of H-pyrrole nitrogens is 1. The third kappa shape index (κ3) is 3.91. The first-order valence-corrected chi connectivity index (χ1v) is 7.89. The van der Waals surface area contributed by atoms with Crippen molar-refractivity contribution in [1.82, 2.24) is 25.1 Å². The first-order valence-electron chi connectivity index (χ1n) is 7.10. The number of hydrogen-bond donors (Lipinski definition) is 1. The normalized spacial score (nSPS) is 12.2. The van der Waals surface area contributed by atoms with Gasteiger partial charge in [0.25, 0.3) is 0 Å². The number of hydrogen-bond acceptors (Lipinski definition) is 4. The van der Waals surface area contributed by atoms with Crippen LogP contribution in [0.1, 0.15) is 42.0 Å². The van der Waals surface area contributed by atoms with Crippen LogP contribution in [0, 0.1) is 13.8 Å². The van der Waals surface area contributed by atoms with Gasteiger partial charge in [-0.3, -0.25) is 9.89 Å². The summed E-state index contributed by atoms with van der Waals surface area (Å²) in [6, 6.07) is 0. The van der Waals surface area contributed by atoms with E-state index in [0.717, 1.165) is 21.4 Å². The molecular weight excluding hydrogens is 346 g/mol. The van der Waals surface area contributed by atoms with Crippen molar-refractivity contribution in [2.45, 2.75) is 39.7 Å². The molecule has 0 saturated carbocycles. The molecule has 1 atom stereocenters. The molecule has 0 saturated heterocycles. The maximum absolute atomic E-state index is 12.4. The van der Waals surface area contributed by atoms with Crippen LogP contribution in [0.25, 0.3) is 0 Å². The first-order chi connectivity index (χ1) is 10.4. The van der Waals surface area contributed by atoms with Crippen molar-refractivity contribution in [3.63, 3.8) is 0 Å². The Morgan fingerprint density at radius 3 is 2.55 bits per heavy atom. The van der Waals surface area contributed by atoms with E-state index in [0.29, 0.717) is 18.8 Å².